The number of nitrogens with two attached hydrogens (primary N) is 1. The van der Waals surface area contributed by atoms with Gasteiger partial charge in [-0.3, -0.25) is 0 Å². The highest BCUT2D eigenvalue weighted by atomic mass is 32.2. The molecule has 192 valence electrons. The van der Waals surface area contributed by atoms with E-state index in [0.29, 0.717) is 31.7 Å². The fourth-order valence-electron chi connectivity index (χ4n) is 3.90. The van der Waals surface area contributed by atoms with E-state index in [4.69, 9.17) is 15.2 Å². The van der Waals surface area contributed by atoms with Crippen molar-refractivity contribution >= 4 is 21.8 Å². The van der Waals surface area contributed by atoms with E-state index in [0.717, 1.165) is 5.56 Å². The molecular formula is C25H35N3O6S. The number of carbonyl (C=O) groups excluding carboxylic acids is 1. The number of hydrogen-bond donors (Lipinski definition) is 3. The monoisotopic (exact) mass is 505 g/mol. The molecule has 0 radical (unpaired) electrons. The minimum absolute atomic E-state index is 0.0126. The molecule has 4 N–H and O–H groups in total. The highest BCUT2D eigenvalue weighted by molar-refractivity contribution is 7.89. The minimum atomic E-state index is -3.90. The maximum atomic E-state index is 13.4. The largest absolute Gasteiger partial charge is 0.444 e. The molecule has 1 aliphatic heterocycles. The van der Waals surface area contributed by atoms with Gasteiger partial charge in [0.2, 0.25) is 10.0 Å². The number of rotatable bonds is 11. The maximum Gasteiger partial charge on any atom is 0.407 e. The molecule has 1 saturated heterocycles. The van der Waals surface area contributed by atoms with Gasteiger partial charge < -0.3 is 25.6 Å². The third-order valence-corrected chi connectivity index (χ3v) is 7.55. The summed E-state index contributed by atoms with van der Waals surface area (Å²) in [5.41, 5.74) is 7.06. The zero-order valence-electron chi connectivity index (χ0n) is 20.2. The summed E-state index contributed by atoms with van der Waals surface area (Å²) in [4.78, 5) is 12.7. The predicted molar refractivity (Wildman–Crippen MR) is 133 cm³/mol. The number of ether oxygens (including phenoxy) is 2. The normalized spacial score (nSPS) is 17.9. The van der Waals surface area contributed by atoms with E-state index >= 15 is 0 Å². The van der Waals surface area contributed by atoms with Crippen LogP contribution in [0.15, 0.2) is 59.5 Å². The van der Waals surface area contributed by atoms with Gasteiger partial charge in [0.05, 0.1) is 30.3 Å². The van der Waals surface area contributed by atoms with Crippen LogP contribution < -0.4 is 11.1 Å². The molecular weight excluding hydrogens is 470 g/mol. The standard InChI is InChI=1S/C25H35N3O6S/c1-18(2)15-28(35(31,32)22-10-8-20(26)9-11-22)16-24(29)23(14-19-6-4-3-5-7-19)27-25(30)34-21-12-13-33-17-21/h3-11,18,21,23-24,29H,12-17,26H2,1-2H3,(H,27,30)/t21-,23-,24-/m1/s1. The first-order valence-electron chi connectivity index (χ1n) is 11.8. The molecule has 1 aliphatic rings. The van der Waals surface area contributed by atoms with Crippen LogP contribution in [0.5, 0.6) is 0 Å². The van der Waals surface area contributed by atoms with Gasteiger partial charge in [0.15, 0.2) is 0 Å². The van der Waals surface area contributed by atoms with Crippen LogP contribution in [0.25, 0.3) is 0 Å². The molecule has 10 heteroatoms. The van der Waals surface area contributed by atoms with Crippen LogP contribution in [0, 0.1) is 5.92 Å². The van der Waals surface area contributed by atoms with Gasteiger partial charge in [-0.2, -0.15) is 4.31 Å². The Labute approximate surface area is 207 Å². The van der Waals surface area contributed by atoms with Crippen molar-refractivity contribution in [1.29, 1.82) is 0 Å². The Balaban J connectivity index is 1.80. The Morgan fingerprint density at radius 2 is 1.86 bits per heavy atom. The number of aliphatic hydroxyl groups is 1. The lowest BCUT2D eigenvalue weighted by molar-refractivity contribution is 0.0644. The van der Waals surface area contributed by atoms with Gasteiger partial charge in [-0.15, -0.1) is 0 Å². The molecule has 1 heterocycles. The van der Waals surface area contributed by atoms with Crippen molar-refractivity contribution in [3.63, 3.8) is 0 Å². The maximum absolute atomic E-state index is 13.4. The molecule has 1 amide bonds. The number of hydrogen-bond acceptors (Lipinski definition) is 7. The average molecular weight is 506 g/mol. The van der Waals surface area contributed by atoms with Gasteiger partial charge in [-0.25, -0.2) is 13.2 Å². The number of anilines is 1. The van der Waals surface area contributed by atoms with E-state index in [9.17, 15) is 18.3 Å². The summed E-state index contributed by atoms with van der Waals surface area (Å²) in [6, 6.07) is 14.6. The number of aliphatic hydroxyl groups excluding tert-OH is 1. The summed E-state index contributed by atoms with van der Waals surface area (Å²) < 4.78 is 38.7. The van der Waals surface area contributed by atoms with Crippen molar-refractivity contribution in [2.45, 2.75) is 49.8 Å². The number of benzene rings is 2. The second-order valence-corrected chi connectivity index (χ2v) is 11.1. The van der Waals surface area contributed by atoms with E-state index in [-0.39, 0.29) is 30.0 Å². The smallest absolute Gasteiger partial charge is 0.407 e. The van der Waals surface area contributed by atoms with E-state index in [2.05, 4.69) is 5.32 Å². The van der Waals surface area contributed by atoms with Gasteiger partial charge >= 0.3 is 6.09 Å². The SMILES string of the molecule is CC(C)CN(C[C@@H](O)[C@@H](Cc1ccccc1)NC(=O)O[C@@H]1CCOC1)S(=O)(=O)c1ccc(N)cc1. The van der Waals surface area contributed by atoms with Gasteiger partial charge in [-0.05, 0) is 42.2 Å². The Morgan fingerprint density at radius 1 is 1.17 bits per heavy atom. The lowest BCUT2D eigenvalue weighted by Crippen LogP contribution is -2.51. The summed E-state index contributed by atoms with van der Waals surface area (Å²) in [7, 11) is -3.90. The Morgan fingerprint density at radius 3 is 2.46 bits per heavy atom. The van der Waals surface area contributed by atoms with Crippen molar-refractivity contribution in [2.75, 3.05) is 32.0 Å². The van der Waals surface area contributed by atoms with Crippen LogP contribution >= 0.6 is 0 Å². The molecule has 3 rings (SSSR count). The number of sulfonamides is 1. The lowest BCUT2D eigenvalue weighted by atomic mass is 10.0. The minimum Gasteiger partial charge on any atom is -0.444 e. The summed E-state index contributed by atoms with van der Waals surface area (Å²) in [6.07, 6.45) is -1.29. The van der Waals surface area contributed by atoms with Crippen LogP contribution in [0.2, 0.25) is 0 Å². The van der Waals surface area contributed by atoms with Crippen LogP contribution in [0.1, 0.15) is 25.8 Å². The Bertz CT molecular complexity index is 1040. The molecule has 0 bridgehead atoms. The third-order valence-electron chi connectivity index (χ3n) is 5.71. The predicted octanol–water partition coefficient (Wildman–Crippen LogP) is 2.40. The number of carbonyl (C=O) groups is 1. The molecule has 2 aromatic rings. The first-order valence-corrected chi connectivity index (χ1v) is 13.2. The molecule has 1 fully saturated rings. The van der Waals surface area contributed by atoms with Crippen molar-refractivity contribution in [2.24, 2.45) is 5.92 Å². The summed E-state index contributed by atoms with van der Waals surface area (Å²) in [6.45, 7) is 4.67. The summed E-state index contributed by atoms with van der Waals surface area (Å²) in [5, 5.41) is 13.9. The number of nitrogen functional groups attached to an aromatic ring is 1. The van der Waals surface area contributed by atoms with Gasteiger partial charge in [-0.1, -0.05) is 44.2 Å². The Hall–Kier alpha value is -2.66. The van der Waals surface area contributed by atoms with Crippen LogP contribution in [0.4, 0.5) is 10.5 Å². The van der Waals surface area contributed by atoms with Gasteiger partial charge in [0, 0.05) is 25.2 Å². The highest BCUT2D eigenvalue weighted by Crippen LogP contribution is 2.20. The Kier molecular flexibility index (Phi) is 9.50. The van der Waals surface area contributed by atoms with Crippen molar-refractivity contribution < 1.29 is 27.8 Å². The lowest BCUT2D eigenvalue weighted by Gasteiger charge is -2.30. The molecule has 0 aliphatic carbocycles. The topological polar surface area (TPSA) is 131 Å². The van der Waals surface area contributed by atoms with Crippen molar-refractivity contribution in [3.05, 3.63) is 60.2 Å². The molecule has 2 aromatic carbocycles. The zero-order chi connectivity index (χ0) is 25.4. The molecule has 0 unspecified atom stereocenters. The second-order valence-electron chi connectivity index (χ2n) is 9.18. The molecule has 0 saturated carbocycles. The number of nitrogens with zero attached hydrogens (tertiary/aromatic N) is 1. The van der Waals surface area contributed by atoms with Crippen LogP contribution in [0.3, 0.4) is 0 Å². The first-order chi connectivity index (χ1) is 16.6. The van der Waals surface area contributed by atoms with E-state index in [1.165, 1.54) is 28.6 Å². The first kappa shape index (κ1) is 26.9. The zero-order valence-corrected chi connectivity index (χ0v) is 21.0. The number of amides is 1. The quantitative estimate of drug-likeness (QED) is 0.400. The fraction of sp³-hybridized carbons (Fsp3) is 0.480. The number of alkyl carbamates (subject to hydrolysis) is 1. The molecule has 35 heavy (non-hydrogen) atoms. The van der Waals surface area contributed by atoms with Crippen molar-refractivity contribution in [3.8, 4) is 0 Å². The molecule has 3 atom stereocenters. The summed E-state index contributed by atoms with van der Waals surface area (Å²) >= 11 is 0. The third kappa shape index (κ3) is 7.93. The average Bonchev–Trinajstić information content (AvgIpc) is 3.31. The molecule has 0 spiro atoms. The number of nitrogens with one attached hydrogen (secondary N) is 1. The molecule has 9 nitrogen and oxygen atoms in total. The van der Waals surface area contributed by atoms with Gasteiger partial charge in [0.1, 0.15) is 6.10 Å². The van der Waals surface area contributed by atoms with E-state index in [1.807, 2.05) is 44.2 Å². The fourth-order valence-corrected chi connectivity index (χ4v) is 5.52. The van der Waals surface area contributed by atoms with Crippen LogP contribution in [-0.4, -0.2) is 68.5 Å². The van der Waals surface area contributed by atoms with E-state index in [1.54, 1.807) is 0 Å². The van der Waals surface area contributed by atoms with Gasteiger partial charge in [0.25, 0.3) is 0 Å². The highest BCUT2D eigenvalue weighted by Gasteiger charge is 2.32. The molecule has 0 aromatic heterocycles. The van der Waals surface area contributed by atoms with Crippen LogP contribution in [-0.2, 0) is 25.9 Å². The second kappa shape index (κ2) is 12.3. The van der Waals surface area contributed by atoms with E-state index < -0.39 is 28.3 Å². The summed E-state index contributed by atoms with van der Waals surface area (Å²) in [5.74, 6) is 0.0126. The van der Waals surface area contributed by atoms with Crippen molar-refractivity contribution in [1.82, 2.24) is 9.62 Å².